The van der Waals surface area contributed by atoms with Gasteiger partial charge in [-0.1, -0.05) is 48.5 Å². The highest BCUT2D eigenvalue weighted by Crippen LogP contribution is 2.36. The first-order valence-electron chi connectivity index (χ1n) is 7.14. The van der Waals surface area contributed by atoms with Crippen molar-refractivity contribution in [3.8, 4) is 0 Å². The smallest absolute Gasteiger partial charge is 0.137 e. The second kappa shape index (κ2) is 5.49. The fourth-order valence-corrected chi connectivity index (χ4v) is 3.02. The largest absolute Gasteiger partial charge is 0.367 e. The first-order chi connectivity index (χ1) is 9.75. The van der Waals surface area contributed by atoms with Crippen LogP contribution >= 0.6 is 0 Å². The van der Waals surface area contributed by atoms with Gasteiger partial charge in [-0.3, -0.25) is 4.79 Å². The fraction of sp³-hybridized carbons (Fsp3) is 0.278. The van der Waals surface area contributed by atoms with Gasteiger partial charge in [0.25, 0.3) is 0 Å². The molecule has 102 valence electrons. The molecule has 1 aliphatic heterocycles. The molecule has 0 amide bonds. The van der Waals surface area contributed by atoms with E-state index in [1.54, 1.807) is 6.92 Å². The van der Waals surface area contributed by atoms with Crippen molar-refractivity contribution in [2.45, 2.75) is 25.8 Å². The SMILES string of the molecule is CC(=O)C1CCN(Cc2ccccc2)c2ccccc21. The predicted molar refractivity (Wildman–Crippen MR) is 82.0 cm³/mol. The van der Waals surface area contributed by atoms with E-state index in [1.807, 2.05) is 12.1 Å². The van der Waals surface area contributed by atoms with Crippen LogP contribution < -0.4 is 4.90 Å². The molecule has 1 atom stereocenters. The third-order valence-corrected chi connectivity index (χ3v) is 4.05. The summed E-state index contributed by atoms with van der Waals surface area (Å²) in [5.74, 6) is 0.343. The van der Waals surface area contributed by atoms with Crippen molar-refractivity contribution in [3.63, 3.8) is 0 Å². The Bertz CT molecular complexity index is 606. The molecule has 0 saturated carbocycles. The molecule has 2 heteroatoms. The molecular weight excluding hydrogens is 246 g/mol. The normalized spacial score (nSPS) is 17.6. The Balaban J connectivity index is 1.91. The van der Waals surface area contributed by atoms with Crippen LogP contribution in [0.15, 0.2) is 54.6 Å². The number of benzene rings is 2. The van der Waals surface area contributed by atoms with Gasteiger partial charge in [0, 0.05) is 24.7 Å². The molecular formula is C18H19NO. The Hall–Kier alpha value is -2.09. The molecule has 2 nitrogen and oxygen atoms in total. The maximum absolute atomic E-state index is 11.8. The molecule has 20 heavy (non-hydrogen) atoms. The van der Waals surface area contributed by atoms with Crippen molar-refractivity contribution in [2.24, 2.45) is 0 Å². The summed E-state index contributed by atoms with van der Waals surface area (Å²) >= 11 is 0. The van der Waals surface area contributed by atoms with Crippen molar-refractivity contribution in [1.29, 1.82) is 0 Å². The maximum Gasteiger partial charge on any atom is 0.137 e. The topological polar surface area (TPSA) is 20.3 Å². The van der Waals surface area contributed by atoms with E-state index in [9.17, 15) is 4.79 Å². The highest BCUT2D eigenvalue weighted by atomic mass is 16.1. The van der Waals surface area contributed by atoms with Crippen LogP contribution in [0.2, 0.25) is 0 Å². The van der Waals surface area contributed by atoms with Crippen LogP contribution in [-0.4, -0.2) is 12.3 Å². The number of carbonyl (C=O) groups is 1. The van der Waals surface area contributed by atoms with Crippen molar-refractivity contribution >= 4 is 11.5 Å². The van der Waals surface area contributed by atoms with E-state index < -0.39 is 0 Å². The third kappa shape index (κ3) is 2.46. The molecule has 0 aromatic heterocycles. The third-order valence-electron chi connectivity index (χ3n) is 4.05. The van der Waals surface area contributed by atoms with Gasteiger partial charge in [-0.25, -0.2) is 0 Å². The molecule has 0 bridgehead atoms. The molecule has 0 radical (unpaired) electrons. The average molecular weight is 265 g/mol. The second-order valence-corrected chi connectivity index (χ2v) is 5.42. The van der Waals surface area contributed by atoms with Gasteiger partial charge >= 0.3 is 0 Å². The van der Waals surface area contributed by atoms with Crippen LogP contribution in [0.5, 0.6) is 0 Å². The molecule has 0 aliphatic carbocycles. The number of para-hydroxylation sites is 1. The number of anilines is 1. The summed E-state index contributed by atoms with van der Waals surface area (Å²) in [6.07, 6.45) is 0.916. The van der Waals surface area contributed by atoms with E-state index in [4.69, 9.17) is 0 Å². The minimum absolute atomic E-state index is 0.0678. The Kier molecular flexibility index (Phi) is 3.55. The summed E-state index contributed by atoms with van der Waals surface area (Å²) in [5.41, 5.74) is 3.70. The van der Waals surface area contributed by atoms with E-state index in [0.29, 0.717) is 0 Å². The van der Waals surface area contributed by atoms with Gasteiger partial charge < -0.3 is 4.90 Å². The molecule has 1 heterocycles. The van der Waals surface area contributed by atoms with Gasteiger partial charge in [-0.05, 0) is 30.5 Å². The van der Waals surface area contributed by atoms with Crippen LogP contribution in [0.25, 0.3) is 0 Å². The molecule has 0 N–H and O–H groups in total. The summed E-state index contributed by atoms with van der Waals surface area (Å²) in [6.45, 7) is 3.55. The highest BCUT2D eigenvalue weighted by Gasteiger charge is 2.27. The lowest BCUT2D eigenvalue weighted by atomic mass is 9.87. The lowest BCUT2D eigenvalue weighted by Gasteiger charge is -2.35. The minimum atomic E-state index is 0.0678. The predicted octanol–water partition coefficient (Wildman–Crippen LogP) is 3.77. The summed E-state index contributed by atoms with van der Waals surface area (Å²) < 4.78 is 0. The number of ketones is 1. The standard InChI is InChI=1S/C18H19NO/c1-14(20)16-11-12-19(13-15-7-3-2-4-8-15)18-10-6-5-9-17(16)18/h2-10,16H,11-13H2,1H3. The van der Waals surface area contributed by atoms with Gasteiger partial charge in [-0.2, -0.15) is 0 Å². The molecule has 0 spiro atoms. The Labute approximate surface area is 120 Å². The number of hydrogen-bond acceptors (Lipinski definition) is 2. The molecule has 2 aromatic rings. The maximum atomic E-state index is 11.8. The van der Waals surface area contributed by atoms with E-state index >= 15 is 0 Å². The zero-order valence-electron chi connectivity index (χ0n) is 11.8. The highest BCUT2D eigenvalue weighted by molar-refractivity contribution is 5.86. The minimum Gasteiger partial charge on any atom is -0.367 e. The van der Waals surface area contributed by atoms with Gasteiger partial charge in [-0.15, -0.1) is 0 Å². The van der Waals surface area contributed by atoms with Crippen LogP contribution in [0.1, 0.15) is 30.4 Å². The fourth-order valence-electron chi connectivity index (χ4n) is 3.02. The van der Waals surface area contributed by atoms with Crippen LogP contribution in [0, 0.1) is 0 Å². The van der Waals surface area contributed by atoms with Gasteiger partial charge in [0.2, 0.25) is 0 Å². The average Bonchev–Trinajstić information content (AvgIpc) is 2.48. The van der Waals surface area contributed by atoms with E-state index in [0.717, 1.165) is 19.5 Å². The molecule has 1 aliphatic rings. The Morgan fingerprint density at radius 1 is 1.10 bits per heavy atom. The lowest BCUT2D eigenvalue weighted by Crippen LogP contribution is -2.32. The molecule has 0 saturated heterocycles. The monoisotopic (exact) mass is 265 g/mol. The first-order valence-corrected chi connectivity index (χ1v) is 7.14. The van der Waals surface area contributed by atoms with Crippen LogP contribution in [0.3, 0.4) is 0 Å². The zero-order chi connectivity index (χ0) is 13.9. The van der Waals surface area contributed by atoms with Gasteiger partial charge in [0.05, 0.1) is 0 Å². The van der Waals surface area contributed by atoms with Gasteiger partial charge in [0.15, 0.2) is 0 Å². The zero-order valence-corrected chi connectivity index (χ0v) is 11.8. The number of hydrogen-bond donors (Lipinski definition) is 0. The van der Waals surface area contributed by atoms with E-state index in [-0.39, 0.29) is 11.7 Å². The second-order valence-electron chi connectivity index (χ2n) is 5.42. The van der Waals surface area contributed by atoms with Crippen LogP contribution in [0.4, 0.5) is 5.69 Å². The summed E-state index contributed by atoms with van der Waals surface area (Å²) in [4.78, 5) is 14.2. The molecule has 1 unspecified atom stereocenters. The first kappa shape index (κ1) is 12.9. The Morgan fingerprint density at radius 3 is 2.55 bits per heavy atom. The van der Waals surface area contributed by atoms with Crippen molar-refractivity contribution < 1.29 is 4.79 Å². The summed E-state index contributed by atoms with van der Waals surface area (Å²) in [6, 6.07) is 18.8. The van der Waals surface area contributed by atoms with Gasteiger partial charge in [0.1, 0.15) is 5.78 Å². The van der Waals surface area contributed by atoms with Crippen molar-refractivity contribution in [2.75, 3.05) is 11.4 Å². The summed E-state index contributed by atoms with van der Waals surface area (Å²) in [5, 5.41) is 0. The van der Waals surface area contributed by atoms with E-state index in [1.165, 1.54) is 16.8 Å². The number of carbonyl (C=O) groups excluding carboxylic acids is 1. The number of Topliss-reactive ketones (excluding diaryl/α,β-unsaturated/α-hetero) is 1. The van der Waals surface area contributed by atoms with Crippen molar-refractivity contribution in [3.05, 3.63) is 65.7 Å². The van der Waals surface area contributed by atoms with Crippen molar-refractivity contribution in [1.82, 2.24) is 0 Å². The number of rotatable bonds is 3. The quantitative estimate of drug-likeness (QED) is 0.842. The number of nitrogens with zero attached hydrogens (tertiary/aromatic N) is 1. The van der Waals surface area contributed by atoms with Crippen LogP contribution in [-0.2, 0) is 11.3 Å². The lowest BCUT2D eigenvalue weighted by molar-refractivity contribution is -0.118. The molecule has 2 aromatic carbocycles. The number of fused-ring (bicyclic) bond motifs is 1. The summed E-state index contributed by atoms with van der Waals surface area (Å²) in [7, 11) is 0. The molecule has 3 rings (SSSR count). The van der Waals surface area contributed by atoms with E-state index in [2.05, 4.69) is 47.4 Å². The Morgan fingerprint density at radius 2 is 1.80 bits per heavy atom. The molecule has 0 fully saturated rings.